The second-order valence-electron chi connectivity index (χ2n) is 2.87. The van der Waals surface area contributed by atoms with E-state index in [0.29, 0.717) is 13.1 Å². The predicted molar refractivity (Wildman–Crippen MR) is 46.0 cm³/mol. The van der Waals surface area contributed by atoms with Gasteiger partial charge in [0.25, 0.3) is 0 Å². The van der Waals surface area contributed by atoms with Gasteiger partial charge in [-0.15, -0.1) is 0 Å². The molecule has 12 heavy (non-hydrogen) atoms. The number of aliphatic hydroxyl groups is 1. The third-order valence-electron chi connectivity index (χ3n) is 1.72. The Morgan fingerprint density at radius 1 is 1.50 bits per heavy atom. The third-order valence-corrected chi connectivity index (χ3v) is 1.72. The molecule has 0 fully saturated rings. The van der Waals surface area contributed by atoms with E-state index in [1.165, 1.54) is 4.57 Å². The van der Waals surface area contributed by atoms with Crippen LogP contribution in [0.2, 0.25) is 0 Å². The van der Waals surface area contributed by atoms with Gasteiger partial charge in [0.15, 0.2) is 0 Å². The number of aromatic nitrogens is 2. The van der Waals surface area contributed by atoms with Crippen LogP contribution in [-0.4, -0.2) is 20.3 Å². The fourth-order valence-corrected chi connectivity index (χ4v) is 1.12. The Hall–Kier alpha value is -1.03. The van der Waals surface area contributed by atoms with Crippen molar-refractivity contribution in [3.8, 4) is 0 Å². The van der Waals surface area contributed by atoms with E-state index in [1.54, 1.807) is 23.9 Å². The lowest BCUT2D eigenvalue weighted by Gasteiger charge is -2.02. The number of aryl methyl sites for hydroxylation is 1. The number of hydrogen-bond donors (Lipinski definition) is 1. The summed E-state index contributed by atoms with van der Waals surface area (Å²) in [4.78, 5) is 11.4. The maximum Gasteiger partial charge on any atom is 0.328 e. The Balaban J connectivity index is 2.88. The van der Waals surface area contributed by atoms with Crippen LogP contribution in [0.4, 0.5) is 0 Å². The van der Waals surface area contributed by atoms with Gasteiger partial charge in [0.1, 0.15) is 0 Å². The molecule has 4 heteroatoms. The number of aliphatic hydroxyl groups excluding tert-OH is 1. The van der Waals surface area contributed by atoms with Gasteiger partial charge in [-0.3, -0.25) is 9.13 Å². The molecule has 1 atom stereocenters. The normalized spacial score (nSPS) is 13.2. The van der Waals surface area contributed by atoms with E-state index in [-0.39, 0.29) is 5.69 Å². The maximum absolute atomic E-state index is 11.4. The number of hydrogen-bond acceptors (Lipinski definition) is 2. The molecule has 0 aliphatic heterocycles. The minimum Gasteiger partial charge on any atom is -0.392 e. The van der Waals surface area contributed by atoms with Crippen LogP contribution in [0.15, 0.2) is 17.2 Å². The highest BCUT2D eigenvalue weighted by atomic mass is 16.3. The lowest BCUT2D eigenvalue weighted by Crippen LogP contribution is -2.26. The first-order chi connectivity index (χ1) is 5.65. The highest BCUT2D eigenvalue weighted by molar-refractivity contribution is 4.81. The molecule has 1 aromatic heterocycles. The van der Waals surface area contributed by atoms with Crippen molar-refractivity contribution in [3.05, 3.63) is 22.9 Å². The van der Waals surface area contributed by atoms with Gasteiger partial charge < -0.3 is 5.11 Å². The van der Waals surface area contributed by atoms with E-state index in [0.717, 1.165) is 0 Å². The SMILES string of the molecule is CCn1ccn(CC(C)O)c1=O. The Morgan fingerprint density at radius 2 is 2.08 bits per heavy atom. The molecule has 0 saturated carbocycles. The molecule has 0 aromatic carbocycles. The van der Waals surface area contributed by atoms with Crippen LogP contribution >= 0.6 is 0 Å². The molecular formula is C8H14N2O2. The molecule has 1 rings (SSSR count). The second kappa shape index (κ2) is 3.58. The number of rotatable bonds is 3. The Bertz CT molecular complexity index is 298. The molecule has 1 N–H and O–H groups in total. The van der Waals surface area contributed by atoms with Crippen LogP contribution in [-0.2, 0) is 13.1 Å². The third kappa shape index (κ3) is 1.76. The van der Waals surface area contributed by atoms with Crippen LogP contribution in [0.3, 0.4) is 0 Å². The minimum atomic E-state index is -0.476. The van der Waals surface area contributed by atoms with Crippen molar-refractivity contribution in [2.24, 2.45) is 0 Å². The van der Waals surface area contributed by atoms with E-state index >= 15 is 0 Å². The molecule has 1 unspecified atom stereocenters. The molecule has 4 nitrogen and oxygen atoms in total. The summed E-state index contributed by atoms with van der Waals surface area (Å²) in [5.41, 5.74) is -0.0570. The van der Waals surface area contributed by atoms with Crippen LogP contribution in [0.5, 0.6) is 0 Å². The van der Waals surface area contributed by atoms with Gasteiger partial charge in [-0.25, -0.2) is 4.79 Å². The zero-order chi connectivity index (χ0) is 9.14. The molecule has 1 heterocycles. The van der Waals surface area contributed by atoms with E-state index in [9.17, 15) is 4.79 Å². The molecular weight excluding hydrogens is 156 g/mol. The van der Waals surface area contributed by atoms with Gasteiger partial charge in [-0.05, 0) is 13.8 Å². The second-order valence-corrected chi connectivity index (χ2v) is 2.87. The van der Waals surface area contributed by atoms with Crippen molar-refractivity contribution < 1.29 is 5.11 Å². The molecule has 0 aliphatic rings. The summed E-state index contributed by atoms with van der Waals surface area (Å²) in [6, 6.07) is 0. The highest BCUT2D eigenvalue weighted by Crippen LogP contribution is 1.88. The highest BCUT2D eigenvalue weighted by Gasteiger charge is 2.03. The van der Waals surface area contributed by atoms with Crippen molar-refractivity contribution in [2.75, 3.05) is 0 Å². The van der Waals surface area contributed by atoms with E-state index in [1.807, 2.05) is 6.92 Å². The average Bonchev–Trinajstić information content (AvgIpc) is 2.32. The van der Waals surface area contributed by atoms with Gasteiger partial charge in [0, 0.05) is 18.9 Å². The zero-order valence-electron chi connectivity index (χ0n) is 7.40. The quantitative estimate of drug-likeness (QED) is 0.696. The molecule has 0 bridgehead atoms. The lowest BCUT2D eigenvalue weighted by molar-refractivity contribution is 0.172. The summed E-state index contributed by atoms with van der Waals surface area (Å²) in [6.07, 6.45) is 2.94. The monoisotopic (exact) mass is 170 g/mol. The largest absolute Gasteiger partial charge is 0.392 e. The van der Waals surface area contributed by atoms with Crippen LogP contribution in [0.25, 0.3) is 0 Å². The topological polar surface area (TPSA) is 47.2 Å². The van der Waals surface area contributed by atoms with Crippen LogP contribution in [0.1, 0.15) is 13.8 Å². The summed E-state index contributed by atoms with van der Waals surface area (Å²) >= 11 is 0. The summed E-state index contributed by atoms with van der Waals surface area (Å²) in [6.45, 7) is 4.61. The fraction of sp³-hybridized carbons (Fsp3) is 0.625. The standard InChI is InChI=1S/C8H14N2O2/c1-3-9-4-5-10(8(9)12)6-7(2)11/h4-5,7,11H,3,6H2,1-2H3. The lowest BCUT2D eigenvalue weighted by atomic mass is 10.4. The minimum absolute atomic E-state index is 0.0570. The van der Waals surface area contributed by atoms with Crippen molar-refractivity contribution in [3.63, 3.8) is 0 Å². The van der Waals surface area contributed by atoms with Crippen molar-refractivity contribution >= 4 is 0 Å². The Kier molecular flexibility index (Phi) is 2.70. The van der Waals surface area contributed by atoms with Crippen LogP contribution < -0.4 is 5.69 Å². The molecule has 68 valence electrons. The average molecular weight is 170 g/mol. The summed E-state index contributed by atoms with van der Waals surface area (Å²) in [5, 5.41) is 9.04. The fourth-order valence-electron chi connectivity index (χ4n) is 1.12. The molecule has 0 radical (unpaired) electrons. The maximum atomic E-state index is 11.4. The van der Waals surface area contributed by atoms with Gasteiger partial charge in [-0.1, -0.05) is 0 Å². The molecule has 0 saturated heterocycles. The first-order valence-electron chi connectivity index (χ1n) is 4.08. The van der Waals surface area contributed by atoms with Gasteiger partial charge in [0.2, 0.25) is 0 Å². The summed E-state index contributed by atoms with van der Waals surface area (Å²) < 4.78 is 3.11. The van der Waals surface area contributed by atoms with Crippen molar-refractivity contribution in [2.45, 2.75) is 33.0 Å². The van der Waals surface area contributed by atoms with E-state index in [2.05, 4.69) is 0 Å². The smallest absolute Gasteiger partial charge is 0.328 e. The number of imidazole rings is 1. The predicted octanol–water partition coefficient (Wildman–Crippen LogP) is 0.0505. The number of nitrogens with zero attached hydrogens (tertiary/aromatic N) is 2. The van der Waals surface area contributed by atoms with Gasteiger partial charge >= 0.3 is 5.69 Å². The van der Waals surface area contributed by atoms with Crippen LogP contribution in [0, 0.1) is 0 Å². The van der Waals surface area contributed by atoms with E-state index < -0.39 is 6.10 Å². The van der Waals surface area contributed by atoms with E-state index in [4.69, 9.17) is 5.11 Å². The summed E-state index contributed by atoms with van der Waals surface area (Å²) in [5.74, 6) is 0. The van der Waals surface area contributed by atoms with Crippen molar-refractivity contribution in [1.29, 1.82) is 0 Å². The molecule has 1 aromatic rings. The molecule has 0 spiro atoms. The first-order valence-corrected chi connectivity index (χ1v) is 4.08. The van der Waals surface area contributed by atoms with Gasteiger partial charge in [0.05, 0.1) is 12.6 Å². The van der Waals surface area contributed by atoms with Gasteiger partial charge in [-0.2, -0.15) is 0 Å². The zero-order valence-corrected chi connectivity index (χ0v) is 7.40. The summed E-state index contributed by atoms with van der Waals surface area (Å²) in [7, 11) is 0. The molecule has 0 aliphatic carbocycles. The Morgan fingerprint density at radius 3 is 2.50 bits per heavy atom. The van der Waals surface area contributed by atoms with Crippen molar-refractivity contribution in [1.82, 2.24) is 9.13 Å². The Labute approximate surface area is 71.1 Å². The first kappa shape index (κ1) is 9.06. The molecule has 0 amide bonds.